The summed E-state index contributed by atoms with van der Waals surface area (Å²) >= 11 is 1.17. The minimum absolute atomic E-state index is 0.0955. The number of rotatable bonds is 22. The molecule has 0 saturated carbocycles. The lowest BCUT2D eigenvalue weighted by Gasteiger charge is -2.40. The van der Waals surface area contributed by atoms with Crippen LogP contribution in [0.1, 0.15) is 133 Å². The summed E-state index contributed by atoms with van der Waals surface area (Å²) in [7, 11) is 1.94. The zero-order valence-corrected chi connectivity index (χ0v) is 36.5. The predicted octanol–water partition coefficient (Wildman–Crippen LogP) is 6.23. The molecule has 2 heterocycles. The minimum atomic E-state index is -1.13. The van der Waals surface area contributed by atoms with Crippen molar-refractivity contribution in [1.82, 2.24) is 25.4 Å². The number of piperidine rings is 1. The van der Waals surface area contributed by atoms with Crippen molar-refractivity contribution in [3.63, 3.8) is 0 Å². The van der Waals surface area contributed by atoms with Gasteiger partial charge in [0.1, 0.15) is 16.7 Å². The summed E-state index contributed by atoms with van der Waals surface area (Å²) in [6.45, 7) is 13.7. The minimum Gasteiger partial charge on any atom is -0.481 e. The maximum atomic E-state index is 14.8. The Labute approximate surface area is 349 Å². The molecule has 3 amide bonds. The van der Waals surface area contributed by atoms with E-state index < -0.39 is 47.5 Å². The van der Waals surface area contributed by atoms with E-state index in [0.717, 1.165) is 31.4 Å². The predicted molar refractivity (Wildman–Crippen MR) is 228 cm³/mol. The number of likely N-dealkylation sites (N-methyl/N-ethyl adjacent to an activating group) is 1. The molecule has 14 heteroatoms. The van der Waals surface area contributed by atoms with E-state index in [0.29, 0.717) is 49.3 Å². The van der Waals surface area contributed by atoms with Gasteiger partial charge in [-0.2, -0.15) is 0 Å². The highest BCUT2D eigenvalue weighted by molar-refractivity contribution is 7.09. The van der Waals surface area contributed by atoms with Crippen LogP contribution in [0, 0.1) is 29.6 Å². The van der Waals surface area contributed by atoms with Crippen LogP contribution in [-0.4, -0.2) is 93.9 Å². The molecule has 0 unspecified atom stereocenters. The van der Waals surface area contributed by atoms with Crippen molar-refractivity contribution in [2.45, 2.75) is 143 Å². The van der Waals surface area contributed by atoms with E-state index in [-0.39, 0.29) is 48.2 Å². The highest BCUT2D eigenvalue weighted by Gasteiger charge is 2.39. The SMILES string of the molecule is C#CCCCCN(C(=O)[C@@H](NC(=O)[C@H]1CCCCN1C)[C@@H](C)CC)[C@H](C[C@@H](OC(C)=O)c1nc(C(=O)N[C@@H](Cc2ccc(N)cc2)CC(C)(C)C(=O)O)cs1)C(C)C. The van der Waals surface area contributed by atoms with Gasteiger partial charge in [0.05, 0.1) is 11.5 Å². The molecule has 1 aromatic heterocycles. The molecule has 1 aromatic carbocycles. The van der Waals surface area contributed by atoms with Crippen molar-refractivity contribution in [2.75, 3.05) is 25.9 Å². The first-order valence-electron chi connectivity index (χ1n) is 20.6. The number of carbonyl (C=O) groups excluding carboxylic acids is 4. The number of nitrogens with zero attached hydrogens (tertiary/aromatic N) is 3. The Morgan fingerprint density at radius 3 is 2.40 bits per heavy atom. The molecule has 1 fully saturated rings. The number of nitrogen functional groups attached to an aromatic ring is 1. The number of anilines is 1. The lowest BCUT2D eigenvalue weighted by atomic mass is 9.84. The number of likely N-dealkylation sites (tertiary alicyclic amines) is 1. The fourth-order valence-corrected chi connectivity index (χ4v) is 8.30. The van der Waals surface area contributed by atoms with Gasteiger partial charge in [0.2, 0.25) is 11.8 Å². The van der Waals surface area contributed by atoms with Crippen molar-refractivity contribution in [2.24, 2.45) is 17.3 Å². The molecule has 0 radical (unpaired) electrons. The van der Waals surface area contributed by atoms with Crippen molar-refractivity contribution >= 4 is 46.7 Å². The number of nitrogens with two attached hydrogens (primary N) is 1. The molecule has 5 N–H and O–H groups in total. The number of nitrogens with one attached hydrogen (secondary N) is 2. The van der Waals surface area contributed by atoms with Crippen LogP contribution in [0.3, 0.4) is 0 Å². The highest BCUT2D eigenvalue weighted by atomic mass is 32.1. The van der Waals surface area contributed by atoms with E-state index in [1.165, 1.54) is 18.3 Å². The zero-order chi connectivity index (χ0) is 43.2. The van der Waals surface area contributed by atoms with Crippen molar-refractivity contribution < 1.29 is 33.8 Å². The van der Waals surface area contributed by atoms with Gasteiger partial charge in [-0.25, -0.2) is 4.98 Å². The molecule has 3 rings (SSSR count). The fraction of sp³-hybridized carbons (Fsp3) is 0.636. The van der Waals surface area contributed by atoms with Crippen LogP contribution in [-0.2, 0) is 30.3 Å². The van der Waals surface area contributed by atoms with Gasteiger partial charge in [0.15, 0.2) is 6.10 Å². The van der Waals surface area contributed by atoms with Gasteiger partial charge in [-0.15, -0.1) is 23.7 Å². The van der Waals surface area contributed by atoms with Crippen LogP contribution in [0.5, 0.6) is 0 Å². The second-order valence-electron chi connectivity index (χ2n) is 16.8. The van der Waals surface area contributed by atoms with E-state index in [4.69, 9.17) is 16.9 Å². The average Bonchev–Trinajstić information content (AvgIpc) is 3.67. The molecule has 1 saturated heterocycles. The van der Waals surface area contributed by atoms with E-state index in [2.05, 4.69) is 26.4 Å². The van der Waals surface area contributed by atoms with E-state index in [1.54, 1.807) is 31.4 Å². The van der Waals surface area contributed by atoms with Gasteiger partial charge in [-0.1, -0.05) is 52.7 Å². The molecule has 1 aliphatic heterocycles. The molecule has 0 bridgehead atoms. The van der Waals surface area contributed by atoms with Gasteiger partial charge < -0.3 is 31.1 Å². The van der Waals surface area contributed by atoms with Gasteiger partial charge in [-0.3, -0.25) is 28.9 Å². The first-order chi connectivity index (χ1) is 27.4. The second kappa shape index (κ2) is 22.6. The largest absolute Gasteiger partial charge is 0.481 e. The number of hydrogen-bond donors (Lipinski definition) is 4. The van der Waals surface area contributed by atoms with E-state index >= 15 is 0 Å². The number of amides is 3. The number of carboxylic acids is 1. The van der Waals surface area contributed by atoms with Crippen LogP contribution in [0.2, 0.25) is 0 Å². The summed E-state index contributed by atoms with van der Waals surface area (Å²) in [6, 6.07) is 5.14. The number of carboxylic acid groups (broad SMARTS) is 1. The Bertz CT molecular complexity index is 1720. The number of hydrogen-bond acceptors (Lipinski definition) is 10. The Morgan fingerprint density at radius 1 is 1.12 bits per heavy atom. The van der Waals surface area contributed by atoms with Crippen LogP contribution < -0.4 is 16.4 Å². The molecule has 2 aromatic rings. The summed E-state index contributed by atoms with van der Waals surface area (Å²) in [4.78, 5) is 75.5. The number of terminal acetylenes is 1. The standard InChI is InChI=1S/C44H66N6O7S/c1-10-12-13-15-23-50(42(54)38(29(5)11-2)48-40(53)35-17-14-16-22-49(35)9)36(28(3)4)25-37(57-30(6)51)41-47-34(27-58-41)39(52)46-33(26-44(7,8)43(55)56)24-31-18-20-32(45)21-19-31/h1,18-21,27-29,33,35-38H,11-17,22-26,45H2,2-9H3,(H,46,52)(H,48,53)(H,55,56)/t29-,33-,35+,36+,37+,38-/m0/s1. The number of carbonyl (C=O) groups is 5. The topological polar surface area (TPSA) is 184 Å². The summed E-state index contributed by atoms with van der Waals surface area (Å²) in [5, 5.41) is 18.0. The fourth-order valence-electron chi connectivity index (χ4n) is 7.46. The maximum absolute atomic E-state index is 14.8. The molecule has 1 aliphatic rings. The molecule has 6 atom stereocenters. The Kier molecular flexibility index (Phi) is 18.7. The monoisotopic (exact) mass is 822 g/mol. The summed E-state index contributed by atoms with van der Waals surface area (Å²) in [5.74, 6) is 0.0625. The van der Waals surface area contributed by atoms with E-state index in [1.807, 2.05) is 51.8 Å². The third-order valence-electron chi connectivity index (χ3n) is 11.2. The second-order valence-corrected chi connectivity index (χ2v) is 17.7. The zero-order valence-electron chi connectivity index (χ0n) is 35.7. The number of unbranched alkanes of at least 4 members (excludes halogenated alkanes) is 2. The number of benzene rings is 1. The summed E-state index contributed by atoms with van der Waals surface area (Å²) < 4.78 is 5.89. The van der Waals surface area contributed by atoms with Crippen LogP contribution in [0.4, 0.5) is 5.69 Å². The first kappa shape index (κ1) is 47.9. The number of aliphatic carboxylic acids is 1. The highest BCUT2D eigenvalue weighted by Crippen LogP contribution is 2.32. The Morgan fingerprint density at radius 2 is 1.81 bits per heavy atom. The molecule has 58 heavy (non-hydrogen) atoms. The number of esters is 1. The number of aromatic nitrogens is 1. The normalized spacial score (nSPS) is 17.3. The lowest BCUT2D eigenvalue weighted by Crippen LogP contribution is -2.59. The van der Waals surface area contributed by atoms with Crippen molar-refractivity contribution in [1.29, 1.82) is 0 Å². The Hall–Kier alpha value is -4.48. The van der Waals surface area contributed by atoms with E-state index in [9.17, 15) is 29.1 Å². The number of thiazole rings is 1. The molecule has 0 aliphatic carbocycles. The van der Waals surface area contributed by atoms with Crippen molar-refractivity contribution in [3.05, 3.63) is 45.9 Å². The summed E-state index contributed by atoms with van der Waals surface area (Å²) in [5.41, 5.74) is 6.32. The average molecular weight is 823 g/mol. The molecule has 320 valence electrons. The summed E-state index contributed by atoms with van der Waals surface area (Å²) in [6.07, 6.45) is 10.7. The molecule has 0 spiro atoms. The molecular formula is C44H66N6O7S. The van der Waals surface area contributed by atoms with Gasteiger partial charge in [0, 0.05) is 49.5 Å². The maximum Gasteiger partial charge on any atom is 0.309 e. The third kappa shape index (κ3) is 14.1. The third-order valence-corrected chi connectivity index (χ3v) is 12.1. The molecule has 13 nitrogen and oxygen atoms in total. The van der Waals surface area contributed by atoms with Gasteiger partial charge in [-0.05, 0) is 95.5 Å². The van der Waals surface area contributed by atoms with Gasteiger partial charge in [0.25, 0.3) is 5.91 Å². The quantitative estimate of drug-likeness (QED) is 0.0460. The van der Waals surface area contributed by atoms with Crippen LogP contribution in [0.25, 0.3) is 0 Å². The van der Waals surface area contributed by atoms with Crippen molar-refractivity contribution in [3.8, 4) is 12.3 Å². The van der Waals surface area contributed by atoms with Crippen LogP contribution in [0.15, 0.2) is 29.6 Å². The molecular weight excluding hydrogens is 757 g/mol. The Balaban J connectivity index is 1.94. The number of ether oxygens (including phenoxy) is 1. The first-order valence-corrected chi connectivity index (χ1v) is 21.5. The lowest BCUT2D eigenvalue weighted by molar-refractivity contribution is -0.150. The van der Waals surface area contributed by atoms with Crippen LogP contribution >= 0.6 is 11.3 Å². The smallest absolute Gasteiger partial charge is 0.309 e. The van der Waals surface area contributed by atoms with Gasteiger partial charge >= 0.3 is 11.9 Å².